The molecule has 2 aromatic rings. The Kier molecular flexibility index (Phi) is 17.7. The van der Waals surface area contributed by atoms with Crippen molar-refractivity contribution in [1.82, 2.24) is 0 Å². The molecular formula is C26H18Cl2Hg2N2S2. The van der Waals surface area contributed by atoms with Crippen molar-refractivity contribution in [1.29, 1.82) is 0 Å². The number of hydrogen-bond acceptors (Lipinski definition) is 2. The molecule has 2 aromatic carbocycles. The van der Waals surface area contributed by atoms with E-state index in [4.69, 9.17) is 0 Å². The SMILES string of the molecule is C1=CC=C(N=Cc2ccccc2)C(=S=S=C2C=C=CC=C2N=Cc2ccccc2)C=1.[Cl-].[Cl-].[Hg+].[Hg+]. The van der Waals surface area contributed by atoms with E-state index < -0.39 is 0 Å². The second kappa shape index (κ2) is 18.2. The summed E-state index contributed by atoms with van der Waals surface area (Å²) in [5, 5.41) is 0. The van der Waals surface area contributed by atoms with Crippen molar-refractivity contribution in [3.05, 3.63) is 131 Å². The Balaban J connectivity index is 0.00000272. The molecule has 0 aliphatic heterocycles. The minimum Gasteiger partial charge on any atom is -1.00 e. The Morgan fingerprint density at radius 1 is 0.588 bits per heavy atom. The number of benzene rings is 2. The van der Waals surface area contributed by atoms with Gasteiger partial charge in [0.2, 0.25) is 0 Å². The molecule has 0 fully saturated rings. The Labute approximate surface area is 260 Å². The minimum atomic E-state index is 0. The molecule has 0 unspecified atom stereocenters. The van der Waals surface area contributed by atoms with E-state index in [1.807, 2.05) is 110 Å². The van der Waals surface area contributed by atoms with E-state index in [0.29, 0.717) is 0 Å². The van der Waals surface area contributed by atoms with Crippen LogP contribution in [0.3, 0.4) is 0 Å². The van der Waals surface area contributed by atoms with Crippen LogP contribution in [0.15, 0.2) is 130 Å². The van der Waals surface area contributed by atoms with Crippen LogP contribution in [-0.2, 0) is 75.2 Å². The first kappa shape index (κ1) is 32.9. The van der Waals surface area contributed by atoms with Crippen LogP contribution in [0.4, 0.5) is 0 Å². The molecule has 0 spiro atoms. The molecule has 0 heterocycles. The summed E-state index contributed by atoms with van der Waals surface area (Å²) in [5.74, 6) is 0. The van der Waals surface area contributed by atoms with Gasteiger partial charge in [0.25, 0.3) is 0 Å². The molecule has 8 heteroatoms. The first-order valence-corrected chi connectivity index (χ1v) is 11.6. The third kappa shape index (κ3) is 10.3. The fourth-order valence-electron chi connectivity index (χ4n) is 2.62. The molecule has 0 atom stereocenters. The molecule has 2 aliphatic carbocycles. The summed E-state index contributed by atoms with van der Waals surface area (Å²) in [7, 11) is 3.30. The quantitative estimate of drug-likeness (QED) is 0.161. The zero-order chi connectivity index (χ0) is 20.4. The minimum absolute atomic E-state index is 0. The molecule has 0 N–H and O–H groups in total. The Morgan fingerprint density at radius 2 is 0.971 bits per heavy atom. The molecule has 0 saturated carbocycles. The second-order valence-corrected chi connectivity index (χ2v) is 8.51. The predicted octanol–water partition coefficient (Wildman–Crippen LogP) is -1.13. The van der Waals surface area contributed by atoms with Crippen LogP contribution in [0.5, 0.6) is 0 Å². The van der Waals surface area contributed by atoms with E-state index in [0.717, 1.165) is 32.3 Å². The first-order chi connectivity index (χ1) is 14.9. The Morgan fingerprint density at radius 3 is 1.35 bits per heavy atom. The fourth-order valence-corrected chi connectivity index (χ4v) is 4.78. The van der Waals surface area contributed by atoms with Crippen molar-refractivity contribution in [3.8, 4) is 0 Å². The molecule has 0 saturated heterocycles. The van der Waals surface area contributed by atoms with E-state index in [1.54, 1.807) is 19.8 Å². The van der Waals surface area contributed by atoms with Crippen LogP contribution in [0.1, 0.15) is 11.1 Å². The van der Waals surface area contributed by atoms with E-state index in [1.165, 1.54) is 0 Å². The van der Waals surface area contributed by atoms with Crippen molar-refractivity contribution in [2.75, 3.05) is 0 Å². The average molecular weight is 895 g/mol. The number of aliphatic imine (C=N–C) groups is 2. The van der Waals surface area contributed by atoms with Gasteiger partial charge in [0.05, 0.1) is 21.1 Å². The number of allylic oxidation sites excluding steroid dienone is 4. The Hall–Kier alpha value is -1.07. The van der Waals surface area contributed by atoms with Crippen LogP contribution in [0, 0.1) is 0 Å². The average Bonchev–Trinajstić information content (AvgIpc) is 2.82. The van der Waals surface area contributed by atoms with Gasteiger partial charge in [0, 0.05) is 24.6 Å². The maximum atomic E-state index is 4.67. The van der Waals surface area contributed by atoms with Gasteiger partial charge in [0.15, 0.2) is 0 Å². The zero-order valence-electron chi connectivity index (χ0n) is 18.3. The summed E-state index contributed by atoms with van der Waals surface area (Å²) in [6.45, 7) is 0. The second-order valence-electron chi connectivity index (χ2n) is 6.29. The van der Waals surface area contributed by atoms with Gasteiger partial charge in [-0.25, -0.2) is 0 Å². The maximum absolute atomic E-state index is 4.67. The van der Waals surface area contributed by atoms with Gasteiger partial charge in [-0.3, -0.25) is 9.98 Å². The largest absolute Gasteiger partial charge is 1.00 e. The third-order valence-corrected chi connectivity index (χ3v) is 6.56. The van der Waals surface area contributed by atoms with Crippen molar-refractivity contribution in [3.63, 3.8) is 0 Å². The zero-order valence-corrected chi connectivity index (χ0v) is 32.4. The van der Waals surface area contributed by atoms with E-state index in [9.17, 15) is 0 Å². The fraction of sp³-hybridized carbons (Fsp3) is 0. The molecule has 0 aromatic heterocycles. The number of rotatable bonds is 4. The topological polar surface area (TPSA) is 24.7 Å². The van der Waals surface area contributed by atoms with Crippen LogP contribution in [-0.4, -0.2) is 22.2 Å². The number of halogens is 2. The van der Waals surface area contributed by atoms with E-state index >= 15 is 0 Å². The van der Waals surface area contributed by atoms with Gasteiger partial charge in [-0.2, -0.15) is 0 Å². The van der Waals surface area contributed by atoms with E-state index in [2.05, 4.69) is 21.4 Å². The summed E-state index contributed by atoms with van der Waals surface area (Å²) < 4.78 is 0. The summed E-state index contributed by atoms with van der Waals surface area (Å²) >= 11 is 0. The predicted molar refractivity (Wildman–Crippen MR) is 134 cm³/mol. The normalized spacial score (nSPS) is 13.3. The van der Waals surface area contributed by atoms with Gasteiger partial charge >= 0.3 is 55.3 Å². The van der Waals surface area contributed by atoms with Crippen molar-refractivity contribution >= 4 is 42.0 Å². The molecule has 0 bridgehead atoms. The monoisotopic (exact) mass is 896 g/mol. The third-order valence-electron chi connectivity index (χ3n) is 4.13. The molecule has 34 heavy (non-hydrogen) atoms. The molecule has 2 aliphatic rings. The van der Waals surface area contributed by atoms with Gasteiger partial charge < -0.3 is 24.8 Å². The summed E-state index contributed by atoms with van der Waals surface area (Å²) in [6.07, 6.45) is 15.4. The van der Waals surface area contributed by atoms with Gasteiger partial charge in [-0.1, -0.05) is 80.5 Å². The Bertz CT molecular complexity index is 1220. The van der Waals surface area contributed by atoms with E-state index in [-0.39, 0.29) is 80.2 Å². The van der Waals surface area contributed by atoms with Crippen LogP contribution < -0.4 is 24.8 Å². The molecule has 162 valence electrons. The van der Waals surface area contributed by atoms with Gasteiger partial charge in [-0.05, 0) is 35.4 Å². The molecular weight excluding hydrogens is 877 g/mol. The van der Waals surface area contributed by atoms with Crippen LogP contribution in [0.2, 0.25) is 0 Å². The van der Waals surface area contributed by atoms with Crippen LogP contribution >= 0.6 is 0 Å². The van der Waals surface area contributed by atoms with Crippen molar-refractivity contribution < 1.29 is 80.2 Å². The first-order valence-electron chi connectivity index (χ1n) is 9.41. The summed E-state index contributed by atoms with van der Waals surface area (Å²) in [4.78, 5) is 11.4. The van der Waals surface area contributed by atoms with Crippen LogP contribution in [0.25, 0.3) is 0 Å². The van der Waals surface area contributed by atoms with Gasteiger partial charge in [-0.15, -0.1) is 11.5 Å². The van der Waals surface area contributed by atoms with Gasteiger partial charge in [0.1, 0.15) is 0 Å². The molecule has 4 rings (SSSR count). The number of nitrogens with zero attached hydrogens (tertiary/aromatic N) is 2. The molecule has 2 nitrogen and oxygen atoms in total. The van der Waals surface area contributed by atoms with Crippen molar-refractivity contribution in [2.24, 2.45) is 9.98 Å². The number of hydrogen-bond donors (Lipinski definition) is 0. The summed E-state index contributed by atoms with van der Waals surface area (Å²) in [6, 6.07) is 20.2. The van der Waals surface area contributed by atoms with Crippen molar-refractivity contribution in [2.45, 2.75) is 0 Å². The summed E-state index contributed by atoms with van der Waals surface area (Å²) in [5.41, 5.74) is 10.3. The maximum Gasteiger partial charge on any atom is 1.00 e. The molecule has 2 radical (unpaired) electrons. The smallest absolute Gasteiger partial charge is 1.00 e. The molecule has 0 amide bonds. The standard InChI is InChI=1S/C26H18N2S2.2ClH.2Hg/c1-3-11-21(12-4-1)19-27-23-15-7-9-17-25(23)29-30-26-18-10-8-16-24(26)28-20-22-13-5-2-6-14-22;;;;/h1-8,11-20H;2*1H;;/q;;;2*+1/p-2.